The molecule has 0 aliphatic rings. The Morgan fingerprint density at radius 3 is 2.64 bits per heavy atom. The first kappa shape index (κ1) is 16.8. The van der Waals surface area contributed by atoms with Gasteiger partial charge in [-0.05, 0) is 45.0 Å². The number of aromatic nitrogens is 3. The summed E-state index contributed by atoms with van der Waals surface area (Å²) in [7, 11) is 0. The fraction of sp³-hybridized carbons (Fsp3) is 0.400. The zero-order chi connectivity index (χ0) is 16.1. The number of carbonyl (C=O) groups excluding carboxylic acids is 1. The fourth-order valence-electron chi connectivity index (χ4n) is 1.99. The lowest BCUT2D eigenvalue weighted by atomic mass is 10.3. The Morgan fingerprint density at radius 2 is 2.00 bits per heavy atom. The van der Waals surface area contributed by atoms with E-state index >= 15 is 0 Å². The Morgan fingerprint density at radius 1 is 1.32 bits per heavy atom. The molecule has 5 nitrogen and oxygen atoms in total. The van der Waals surface area contributed by atoms with Gasteiger partial charge in [-0.2, -0.15) is 0 Å². The number of halogens is 1. The van der Waals surface area contributed by atoms with Crippen molar-refractivity contribution in [2.45, 2.75) is 37.8 Å². The van der Waals surface area contributed by atoms with Crippen molar-refractivity contribution >= 4 is 29.3 Å². The molecule has 1 aromatic heterocycles. The summed E-state index contributed by atoms with van der Waals surface area (Å²) in [4.78, 5) is 13.1. The van der Waals surface area contributed by atoms with E-state index in [-0.39, 0.29) is 18.0 Å². The minimum absolute atomic E-state index is 0.0363. The van der Waals surface area contributed by atoms with Crippen LogP contribution in [0.4, 0.5) is 0 Å². The third-order valence-electron chi connectivity index (χ3n) is 3.11. The third kappa shape index (κ3) is 4.48. The van der Waals surface area contributed by atoms with Crippen LogP contribution in [0.1, 0.15) is 38.7 Å². The summed E-state index contributed by atoms with van der Waals surface area (Å²) in [5.74, 6) is 1.08. The second kappa shape index (κ2) is 7.65. The molecule has 2 rings (SSSR count). The minimum Gasteiger partial charge on any atom is -0.346 e. The van der Waals surface area contributed by atoms with Gasteiger partial charge in [0.05, 0.1) is 11.8 Å². The van der Waals surface area contributed by atoms with Gasteiger partial charge in [-0.25, -0.2) is 0 Å². The molecular formula is C15H19ClN4OS. The van der Waals surface area contributed by atoms with Gasteiger partial charge >= 0.3 is 0 Å². The van der Waals surface area contributed by atoms with Gasteiger partial charge in [0.25, 0.3) is 0 Å². The number of nitrogens with zero attached hydrogens (tertiary/aromatic N) is 3. The van der Waals surface area contributed by atoms with Crippen molar-refractivity contribution in [1.82, 2.24) is 20.1 Å². The van der Waals surface area contributed by atoms with Crippen LogP contribution >= 0.6 is 23.4 Å². The molecule has 0 aliphatic heterocycles. The highest BCUT2D eigenvalue weighted by Gasteiger charge is 2.17. The summed E-state index contributed by atoms with van der Waals surface area (Å²) in [6.07, 6.45) is 1.69. The first-order valence-corrected chi connectivity index (χ1v) is 8.41. The number of carbonyl (C=O) groups is 1. The summed E-state index contributed by atoms with van der Waals surface area (Å²) in [5.41, 5.74) is 0. The Balaban J connectivity index is 1.88. The van der Waals surface area contributed by atoms with Gasteiger partial charge in [-0.1, -0.05) is 11.6 Å². The summed E-state index contributed by atoms with van der Waals surface area (Å²) < 4.78 is 1.96. The standard InChI is InChI=1S/C15H19ClN4OS/c1-10(2)20-9-17-19-15(20)11(3)18-14(21)8-22-13-6-4-12(16)5-7-13/h4-7,9-11H,8H2,1-3H3,(H,18,21)/t11-/m0/s1. The van der Waals surface area contributed by atoms with Crippen molar-refractivity contribution in [2.75, 3.05) is 5.75 Å². The average Bonchev–Trinajstić information content (AvgIpc) is 2.96. The Kier molecular flexibility index (Phi) is 5.85. The minimum atomic E-state index is -0.178. The number of thioether (sulfide) groups is 1. The smallest absolute Gasteiger partial charge is 0.230 e. The monoisotopic (exact) mass is 338 g/mol. The highest BCUT2D eigenvalue weighted by Crippen LogP contribution is 2.20. The van der Waals surface area contributed by atoms with Crippen LogP contribution in [0.5, 0.6) is 0 Å². The van der Waals surface area contributed by atoms with Gasteiger partial charge in [-0.3, -0.25) is 4.79 Å². The maximum Gasteiger partial charge on any atom is 0.230 e. The molecule has 0 aliphatic carbocycles. The zero-order valence-corrected chi connectivity index (χ0v) is 14.4. The van der Waals surface area contributed by atoms with Crippen LogP contribution in [0, 0.1) is 0 Å². The number of nitrogens with one attached hydrogen (secondary N) is 1. The normalized spacial score (nSPS) is 12.4. The summed E-state index contributed by atoms with van der Waals surface area (Å²) >= 11 is 7.31. The molecule has 22 heavy (non-hydrogen) atoms. The lowest BCUT2D eigenvalue weighted by molar-refractivity contribution is -0.119. The molecule has 0 radical (unpaired) electrons. The van der Waals surface area contributed by atoms with Crippen molar-refractivity contribution in [2.24, 2.45) is 0 Å². The molecule has 7 heteroatoms. The Hall–Kier alpha value is -1.53. The third-order valence-corrected chi connectivity index (χ3v) is 4.37. The number of hydrogen-bond donors (Lipinski definition) is 1. The largest absolute Gasteiger partial charge is 0.346 e. The molecule has 0 spiro atoms. The van der Waals surface area contributed by atoms with Crippen LogP contribution in [0.2, 0.25) is 5.02 Å². The molecule has 1 amide bonds. The van der Waals surface area contributed by atoms with Gasteiger partial charge in [0.15, 0.2) is 5.82 Å². The molecule has 118 valence electrons. The van der Waals surface area contributed by atoms with E-state index in [9.17, 15) is 4.79 Å². The van der Waals surface area contributed by atoms with Gasteiger partial charge in [0.2, 0.25) is 5.91 Å². The van der Waals surface area contributed by atoms with Crippen molar-refractivity contribution in [3.8, 4) is 0 Å². The number of benzene rings is 1. The topological polar surface area (TPSA) is 59.8 Å². The Bertz CT molecular complexity index is 627. The molecule has 1 aromatic carbocycles. The van der Waals surface area contributed by atoms with Crippen LogP contribution in [-0.2, 0) is 4.79 Å². The molecular weight excluding hydrogens is 320 g/mol. The summed E-state index contributed by atoms with van der Waals surface area (Å²) in [5, 5.41) is 11.7. The van der Waals surface area contributed by atoms with E-state index in [0.29, 0.717) is 10.8 Å². The highest BCUT2D eigenvalue weighted by molar-refractivity contribution is 8.00. The number of amides is 1. The van der Waals surface area contributed by atoms with E-state index in [0.717, 1.165) is 10.7 Å². The van der Waals surface area contributed by atoms with E-state index in [1.165, 1.54) is 11.8 Å². The molecule has 0 saturated carbocycles. The van der Waals surface area contributed by atoms with E-state index in [4.69, 9.17) is 11.6 Å². The second-order valence-electron chi connectivity index (χ2n) is 5.22. The fourth-order valence-corrected chi connectivity index (χ4v) is 2.82. The predicted molar refractivity (Wildman–Crippen MR) is 89.1 cm³/mol. The highest BCUT2D eigenvalue weighted by atomic mass is 35.5. The quantitative estimate of drug-likeness (QED) is 0.819. The molecule has 0 saturated heterocycles. The first-order valence-electron chi connectivity index (χ1n) is 7.04. The van der Waals surface area contributed by atoms with Crippen LogP contribution in [0.25, 0.3) is 0 Å². The summed E-state index contributed by atoms with van der Waals surface area (Å²) in [6, 6.07) is 7.51. The maximum atomic E-state index is 12.1. The molecule has 1 heterocycles. The molecule has 0 bridgehead atoms. The van der Waals surface area contributed by atoms with Gasteiger partial charge in [0, 0.05) is 16.0 Å². The van der Waals surface area contributed by atoms with E-state index < -0.39 is 0 Å². The molecule has 0 unspecified atom stereocenters. The van der Waals surface area contributed by atoms with Gasteiger partial charge < -0.3 is 9.88 Å². The van der Waals surface area contributed by atoms with E-state index in [2.05, 4.69) is 29.4 Å². The predicted octanol–water partition coefficient (Wildman–Crippen LogP) is 3.48. The van der Waals surface area contributed by atoms with E-state index in [1.54, 1.807) is 6.33 Å². The zero-order valence-electron chi connectivity index (χ0n) is 12.8. The Labute approximate surface area is 139 Å². The lowest BCUT2D eigenvalue weighted by Crippen LogP contribution is -2.30. The molecule has 1 atom stereocenters. The van der Waals surface area contributed by atoms with Crippen molar-refractivity contribution < 1.29 is 4.79 Å². The van der Waals surface area contributed by atoms with Gasteiger partial charge in [0.1, 0.15) is 6.33 Å². The van der Waals surface area contributed by atoms with Crippen LogP contribution in [-0.4, -0.2) is 26.4 Å². The summed E-state index contributed by atoms with van der Waals surface area (Å²) in [6.45, 7) is 6.02. The van der Waals surface area contributed by atoms with Crippen LogP contribution in [0.15, 0.2) is 35.5 Å². The number of rotatable bonds is 6. The van der Waals surface area contributed by atoms with Crippen molar-refractivity contribution in [3.05, 3.63) is 41.4 Å². The van der Waals surface area contributed by atoms with E-state index in [1.807, 2.05) is 35.8 Å². The second-order valence-corrected chi connectivity index (χ2v) is 6.71. The van der Waals surface area contributed by atoms with Crippen molar-refractivity contribution in [3.63, 3.8) is 0 Å². The molecule has 0 fully saturated rings. The average molecular weight is 339 g/mol. The van der Waals surface area contributed by atoms with Crippen LogP contribution in [0.3, 0.4) is 0 Å². The first-order chi connectivity index (χ1) is 10.5. The lowest BCUT2D eigenvalue weighted by Gasteiger charge is -2.16. The SMILES string of the molecule is CC(C)n1cnnc1[C@H](C)NC(=O)CSc1ccc(Cl)cc1. The number of hydrogen-bond acceptors (Lipinski definition) is 4. The maximum absolute atomic E-state index is 12.1. The van der Waals surface area contributed by atoms with Gasteiger partial charge in [-0.15, -0.1) is 22.0 Å². The molecule has 2 aromatic rings. The van der Waals surface area contributed by atoms with Crippen molar-refractivity contribution in [1.29, 1.82) is 0 Å². The van der Waals surface area contributed by atoms with Crippen LogP contribution < -0.4 is 5.32 Å². The molecule has 1 N–H and O–H groups in total.